The van der Waals surface area contributed by atoms with Crippen LogP contribution in [0.25, 0.3) is 0 Å². The summed E-state index contributed by atoms with van der Waals surface area (Å²) < 4.78 is 0. The van der Waals surface area contributed by atoms with E-state index in [9.17, 15) is 0 Å². The van der Waals surface area contributed by atoms with Gasteiger partial charge in [-0.05, 0) is 30.2 Å². The predicted molar refractivity (Wildman–Crippen MR) is 72.9 cm³/mol. The average molecular weight is 236 g/mol. The highest BCUT2D eigenvalue weighted by atomic mass is 14.9. The Morgan fingerprint density at radius 3 is 2.61 bits per heavy atom. The number of benzene rings is 2. The van der Waals surface area contributed by atoms with Crippen molar-refractivity contribution in [2.24, 2.45) is 0 Å². The third kappa shape index (κ3) is 3.19. The van der Waals surface area contributed by atoms with E-state index >= 15 is 0 Å². The minimum absolute atomic E-state index is 0.303. The Balaban J connectivity index is 1.97. The van der Waals surface area contributed by atoms with Gasteiger partial charge in [0, 0.05) is 12.6 Å². The molecule has 2 nitrogen and oxygen atoms in total. The van der Waals surface area contributed by atoms with E-state index < -0.39 is 0 Å². The molecule has 1 N–H and O–H groups in total. The molecular formula is C16H16N2. The quantitative estimate of drug-likeness (QED) is 0.883. The highest BCUT2D eigenvalue weighted by Gasteiger charge is 2.03. The average Bonchev–Trinajstić information content (AvgIpc) is 2.46. The standard InChI is InChI=1S/C16H16N2/c1-13(16-8-3-2-4-9-16)18-12-15-7-5-6-14(10-15)11-17/h2-10,13,18H,12H2,1H3/t13-/m1/s1. The lowest BCUT2D eigenvalue weighted by molar-refractivity contribution is 0.574. The number of rotatable bonds is 4. The van der Waals surface area contributed by atoms with Gasteiger partial charge < -0.3 is 5.32 Å². The summed E-state index contributed by atoms with van der Waals surface area (Å²) in [5.74, 6) is 0. The first-order chi connectivity index (χ1) is 8.79. The number of hydrogen-bond donors (Lipinski definition) is 1. The van der Waals surface area contributed by atoms with E-state index in [1.54, 1.807) is 0 Å². The molecule has 0 saturated heterocycles. The first-order valence-electron chi connectivity index (χ1n) is 6.07. The molecule has 18 heavy (non-hydrogen) atoms. The van der Waals surface area contributed by atoms with Gasteiger partial charge in [-0.3, -0.25) is 0 Å². The van der Waals surface area contributed by atoms with Gasteiger partial charge in [0.25, 0.3) is 0 Å². The van der Waals surface area contributed by atoms with Crippen LogP contribution in [-0.4, -0.2) is 0 Å². The fourth-order valence-electron chi connectivity index (χ4n) is 1.88. The van der Waals surface area contributed by atoms with Crippen molar-refractivity contribution in [2.45, 2.75) is 19.5 Å². The van der Waals surface area contributed by atoms with Gasteiger partial charge in [0.15, 0.2) is 0 Å². The highest BCUT2D eigenvalue weighted by Crippen LogP contribution is 2.12. The van der Waals surface area contributed by atoms with Crippen molar-refractivity contribution in [2.75, 3.05) is 0 Å². The van der Waals surface area contributed by atoms with E-state index in [-0.39, 0.29) is 0 Å². The summed E-state index contributed by atoms with van der Waals surface area (Å²) in [4.78, 5) is 0. The molecule has 1 atom stereocenters. The van der Waals surface area contributed by atoms with Crippen LogP contribution in [0.15, 0.2) is 54.6 Å². The Morgan fingerprint density at radius 1 is 1.11 bits per heavy atom. The lowest BCUT2D eigenvalue weighted by Gasteiger charge is -2.14. The van der Waals surface area contributed by atoms with Gasteiger partial charge in [-0.25, -0.2) is 0 Å². The summed E-state index contributed by atoms with van der Waals surface area (Å²) in [6.07, 6.45) is 0. The van der Waals surface area contributed by atoms with Crippen LogP contribution in [0.1, 0.15) is 29.7 Å². The fourth-order valence-corrected chi connectivity index (χ4v) is 1.88. The summed E-state index contributed by atoms with van der Waals surface area (Å²) in [5.41, 5.74) is 3.12. The smallest absolute Gasteiger partial charge is 0.0991 e. The number of nitriles is 1. The maximum absolute atomic E-state index is 8.85. The number of nitrogens with one attached hydrogen (secondary N) is 1. The molecule has 0 amide bonds. The first kappa shape index (κ1) is 12.3. The molecule has 0 spiro atoms. The molecule has 0 aliphatic carbocycles. The fraction of sp³-hybridized carbons (Fsp3) is 0.188. The van der Waals surface area contributed by atoms with Gasteiger partial charge in [-0.15, -0.1) is 0 Å². The van der Waals surface area contributed by atoms with Crippen LogP contribution in [0.3, 0.4) is 0 Å². The first-order valence-corrected chi connectivity index (χ1v) is 6.07. The third-order valence-corrected chi connectivity index (χ3v) is 2.97. The van der Waals surface area contributed by atoms with E-state index in [0.29, 0.717) is 11.6 Å². The summed E-state index contributed by atoms with van der Waals surface area (Å²) >= 11 is 0. The van der Waals surface area contributed by atoms with E-state index in [4.69, 9.17) is 5.26 Å². The minimum atomic E-state index is 0.303. The summed E-state index contributed by atoms with van der Waals surface area (Å²) in [7, 11) is 0. The van der Waals surface area contributed by atoms with Gasteiger partial charge >= 0.3 is 0 Å². The molecule has 2 heteroatoms. The number of nitrogens with zero attached hydrogens (tertiary/aromatic N) is 1. The van der Waals surface area contributed by atoms with Crippen LogP contribution in [0.4, 0.5) is 0 Å². The zero-order chi connectivity index (χ0) is 12.8. The monoisotopic (exact) mass is 236 g/mol. The van der Waals surface area contributed by atoms with Crippen molar-refractivity contribution < 1.29 is 0 Å². The zero-order valence-electron chi connectivity index (χ0n) is 10.4. The maximum atomic E-state index is 8.85. The third-order valence-electron chi connectivity index (χ3n) is 2.97. The van der Waals surface area contributed by atoms with Gasteiger partial charge in [0.05, 0.1) is 11.6 Å². The largest absolute Gasteiger partial charge is 0.306 e. The predicted octanol–water partition coefficient (Wildman–Crippen LogP) is 3.41. The van der Waals surface area contributed by atoms with E-state index in [1.807, 2.05) is 42.5 Å². The molecule has 0 saturated carbocycles. The molecule has 0 aliphatic heterocycles. The molecular weight excluding hydrogens is 220 g/mol. The van der Waals surface area contributed by atoms with Gasteiger partial charge in [0.2, 0.25) is 0 Å². The molecule has 0 aromatic heterocycles. The molecule has 0 heterocycles. The highest BCUT2D eigenvalue weighted by molar-refractivity contribution is 5.32. The maximum Gasteiger partial charge on any atom is 0.0991 e. The van der Waals surface area contributed by atoms with E-state index in [1.165, 1.54) is 5.56 Å². The lowest BCUT2D eigenvalue weighted by atomic mass is 10.1. The minimum Gasteiger partial charge on any atom is -0.306 e. The lowest BCUT2D eigenvalue weighted by Crippen LogP contribution is -2.17. The van der Waals surface area contributed by atoms with Crippen molar-refractivity contribution in [3.63, 3.8) is 0 Å². The molecule has 0 aliphatic rings. The van der Waals surface area contributed by atoms with Crippen molar-refractivity contribution in [3.8, 4) is 6.07 Å². The SMILES string of the molecule is C[C@@H](NCc1cccc(C#N)c1)c1ccccc1. The summed E-state index contributed by atoms with van der Waals surface area (Å²) in [5, 5.41) is 12.3. The van der Waals surface area contributed by atoms with Crippen LogP contribution < -0.4 is 5.32 Å². The van der Waals surface area contributed by atoms with Crippen molar-refractivity contribution >= 4 is 0 Å². The van der Waals surface area contributed by atoms with E-state index in [0.717, 1.165) is 12.1 Å². The second-order valence-corrected chi connectivity index (χ2v) is 4.33. The Hall–Kier alpha value is -2.11. The van der Waals surface area contributed by atoms with E-state index in [2.05, 4.69) is 30.4 Å². The Kier molecular flexibility index (Phi) is 4.11. The molecule has 2 aromatic rings. The van der Waals surface area contributed by atoms with Gasteiger partial charge in [-0.1, -0.05) is 42.5 Å². The van der Waals surface area contributed by atoms with Gasteiger partial charge in [0.1, 0.15) is 0 Å². The van der Waals surface area contributed by atoms with Crippen LogP contribution >= 0.6 is 0 Å². The molecule has 0 fully saturated rings. The van der Waals surface area contributed by atoms with Crippen LogP contribution in [0.2, 0.25) is 0 Å². The molecule has 2 rings (SSSR count). The number of hydrogen-bond acceptors (Lipinski definition) is 2. The van der Waals surface area contributed by atoms with Crippen molar-refractivity contribution in [1.29, 1.82) is 5.26 Å². The molecule has 0 radical (unpaired) electrons. The molecule has 2 aromatic carbocycles. The summed E-state index contributed by atoms with van der Waals surface area (Å²) in [6.45, 7) is 2.91. The Labute approximate surface area is 108 Å². The summed E-state index contributed by atoms with van der Waals surface area (Å²) in [6, 6.07) is 20.5. The Bertz CT molecular complexity index is 541. The molecule has 0 unspecified atom stereocenters. The normalized spacial score (nSPS) is 11.8. The van der Waals surface area contributed by atoms with Gasteiger partial charge in [-0.2, -0.15) is 5.26 Å². The second-order valence-electron chi connectivity index (χ2n) is 4.33. The zero-order valence-corrected chi connectivity index (χ0v) is 10.4. The van der Waals surface area contributed by atoms with Crippen LogP contribution in [0, 0.1) is 11.3 Å². The second kappa shape index (κ2) is 6.00. The topological polar surface area (TPSA) is 35.8 Å². The van der Waals surface area contributed by atoms with Crippen LogP contribution in [-0.2, 0) is 6.54 Å². The Morgan fingerprint density at radius 2 is 1.89 bits per heavy atom. The molecule has 0 bridgehead atoms. The van der Waals surface area contributed by atoms with Crippen molar-refractivity contribution in [3.05, 3.63) is 71.3 Å². The van der Waals surface area contributed by atoms with Crippen molar-refractivity contribution in [1.82, 2.24) is 5.32 Å². The van der Waals surface area contributed by atoms with Crippen LogP contribution in [0.5, 0.6) is 0 Å². The molecule has 90 valence electrons.